The highest BCUT2D eigenvalue weighted by atomic mass is 35.5. The first-order valence-electron chi connectivity index (χ1n) is 18.5. The highest BCUT2D eigenvalue weighted by Gasteiger charge is 2.32. The van der Waals surface area contributed by atoms with E-state index >= 15 is 0 Å². The molecule has 60 heavy (non-hydrogen) atoms. The molecule has 0 spiro atoms. The van der Waals surface area contributed by atoms with Crippen LogP contribution in [0.25, 0.3) is 109 Å². The van der Waals surface area contributed by atoms with E-state index < -0.39 is 0 Å². The first-order chi connectivity index (χ1) is 28.9. The molecule has 0 unspecified atom stereocenters. The zero-order chi connectivity index (χ0) is 41.5. The zero-order valence-corrected chi connectivity index (χ0v) is 37.9. The molecule has 0 aliphatic rings. The van der Waals surface area contributed by atoms with Crippen molar-refractivity contribution in [2.45, 2.75) is 0 Å². The first-order valence-corrected chi connectivity index (χ1v) is 22.3. The minimum absolute atomic E-state index is 0.486. The van der Waals surface area contributed by atoms with Gasteiger partial charge in [0.1, 0.15) is 0 Å². The van der Waals surface area contributed by atoms with Gasteiger partial charge in [0.15, 0.2) is 0 Å². The molecule has 0 saturated carbocycles. The van der Waals surface area contributed by atoms with Gasteiger partial charge in [0, 0.05) is 78.0 Å². The van der Waals surface area contributed by atoms with Gasteiger partial charge in [-0.05, 0) is 173 Å². The van der Waals surface area contributed by atoms with Crippen molar-refractivity contribution in [1.29, 1.82) is 0 Å². The molecule has 0 atom stereocenters. The van der Waals surface area contributed by atoms with Crippen molar-refractivity contribution in [3.63, 3.8) is 0 Å². The number of hydrogen-bond acceptors (Lipinski definition) is 0. The van der Waals surface area contributed by atoms with Gasteiger partial charge in [0.25, 0.3) is 0 Å². The summed E-state index contributed by atoms with van der Waals surface area (Å²) in [7, 11) is 0. The number of halogens is 10. The van der Waals surface area contributed by atoms with Crippen LogP contribution >= 0.6 is 116 Å². The molecule has 11 rings (SSSR count). The molecular formula is C50H20Cl10. The molecule has 0 radical (unpaired) electrons. The maximum absolute atomic E-state index is 7.13. The summed E-state index contributed by atoms with van der Waals surface area (Å²) in [5.41, 5.74) is 7.37. The van der Waals surface area contributed by atoms with Gasteiger partial charge in [-0.15, -0.1) is 0 Å². The van der Waals surface area contributed by atoms with Gasteiger partial charge in [0.05, 0.1) is 0 Å². The van der Waals surface area contributed by atoms with Crippen molar-refractivity contribution < 1.29 is 0 Å². The van der Waals surface area contributed by atoms with Gasteiger partial charge in [-0.25, -0.2) is 0 Å². The Morgan fingerprint density at radius 1 is 0.200 bits per heavy atom. The summed E-state index contributed by atoms with van der Waals surface area (Å²) in [4.78, 5) is 0. The zero-order valence-electron chi connectivity index (χ0n) is 30.3. The predicted octanol–water partition coefficient (Wildman–Crippen LogP) is 20.6. The minimum atomic E-state index is 0.486. The van der Waals surface area contributed by atoms with Crippen LogP contribution in [0.1, 0.15) is 0 Å². The third-order valence-corrected chi connectivity index (χ3v) is 14.8. The molecular weight excluding hydrogens is 955 g/mol. The SMILES string of the molecule is Clc1cccc(Cl)c1-c1cc2c(-c3c(Cl)cccc3Cl)cc3c(-c4c(Cl)cccc4Cl)cc4c(-c5c(Cl)cccc5Cl)cc5c(-c6c(Cl)cccc6Cl)cc1c1c5c4c3c21. The molecule has 0 nitrogen and oxygen atoms in total. The third kappa shape index (κ3) is 5.60. The van der Waals surface area contributed by atoms with Crippen LogP contribution in [-0.2, 0) is 0 Å². The van der Waals surface area contributed by atoms with Crippen molar-refractivity contribution >= 4 is 170 Å². The molecule has 0 saturated heterocycles. The van der Waals surface area contributed by atoms with Gasteiger partial charge < -0.3 is 0 Å². The summed E-state index contributed by atoms with van der Waals surface area (Å²) in [5, 5.41) is 14.2. The van der Waals surface area contributed by atoms with Crippen molar-refractivity contribution in [1.82, 2.24) is 0 Å². The Morgan fingerprint density at radius 2 is 0.333 bits per heavy atom. The summed E-state index contributed by atoms with van der Waals surface area (Å²) in [6.07, 6.45) is 0. The molecule has 10 heteroatoms. The highest BCUT2D eigenvalue weighted by Crippen LogP contribution is 2.60. The van der Waals surface area contributed by atoms with Crippen molar-refractivity contribution in [3.05, 3.63) is 172 Å². The average molecular weight is 975 g/mol. The van der Waals surface area contributed by atoms with E-state index in [0.29, 0.717) is 78.0 Å². The van der Waals surface area contributed by atoms with Crippen LogP contribution < -0.4 is 0 Å². The summed E-state index contributed by atoms with van der Waals surface area (Å²) < 4.78 is 0. The standard InChI is InChI=1S/C50H20Cl10/c51-31-6-1-7-32(52)41(31)21-16-27-23(43-35(55)10-3-11-36(43)56)18-29-25(45-39(59)14-5-15-40(45)60)20-30-24(44-37(57)12-4-13-38(44)58)19-28-22(42-33(53)8-2-9-34(42)54)17-26(21)46-47(27)49(29)50(30)48(28)46/h1-20H. The summed E-state index contributed by atoms with van der Waals surface area (Å²) in [6.45, 7) is 0. The minimum Gasteiger partial charge on any atom is -0.0836 e. The lowest BCUT2D eigenvalue weighted by atomic mass is 9.86. The molecule has 0 aromatic heterocycles. The molecule has 0 aliphatic carbocycles. The van der Waals surface area contributed by atoms with Crippen LogP contribution in [0, 0.1) is 0 Å². The largest absolute Gasteiger partial charge is 0.0836 e. The van der Waals surface area contributed by atoms with E-state index in [1.165, 1.54) is 0 Å². The van der Waals surface area contributed by atoms with Gasteiger partial charge in [-0.3, -0.25) is 0 Å². The maximum atomic E-state index is 7.13. The Morgan fingerprint density at radius 3 is 0.467 bits per heavy atom. The monoisotopic (exact) mass is 970 g/mol. The van der Waals surface area contributed by atoms with Gasteiger partial charge in [-0.1, -0.05) is 146 Å². The fourth-order valence-corrected chi connectivity index (χ4v) is 12.3. The Bertz CT molecular complexity index is 2930. The summed E-state index contributed by atoms with van der Waals surface area (Å²) >= 11 is 71.3. The smallest absolute Gasteiger partial charge is 0.0499 e. The Kier molecular flexibility index (Phi) is 9.48. The maximum Gasteiger partial charge on any atom is 0.0499 e. The normalized spacial score (nSPS) is 12.2. The molecule has 0 amide bonds. The quantitative estimate of drug-likeness (QED) is 0.151. The van der Waals surface area contributed by atoms with E-state index in [1.807, 2.05) is 91.0 Å². The molecule has 0 aliphatic heterocycles. The Hall–Kier alpha value is -3.60. The van der Waals surface area contributed by atoms with Crippen LogP contribution in [0.2, 0.25) is 50.2 Å². The Labute approximate surface area is 393 Å². The van der Waals surface area contributed by atoms with Crippen molar-refractivity contribution in [3.8, 4) is 55.6 Å². The lowest BCUT2D eigenvalue weighted by Gasteiger charge is -2.19. The topological polar surface area (TPSA) is 0 Å². The second kappa shape index (κ2) is 14.5. The lowest BCUT2D eigenvalue weighted by Crippen LogP contribution is -1.92. The van der Waals surface area contributed by atoms with Crippen LogP contribution in [0.4, 0.5) is 0 Å². The van der Waals surface area contributed by atoms with Crippen LogP contribution in [0.3, 0.4) is 0 Å². The van der Waals surface area contributed by atoms with E-state index in [1.54, 1.807) is 0 Å². The fraction of sp³-hybridized carbons (Fsp3) is 0. The second-order valence-corrected chi connectivity index (χ2v) is 18.8. The van der Waals surface area contributed by atoms with Crippen LogP contribution in [0.5, 0.6) is 0 Å². The van der Waals surface area contributed by atoms with Gasteiger partial charge in [-0.2, -0.15) is 0 Å². The molecule has 290 valence electrons. The Balaban J connectivity index is 1.50. The summed E-state index contributed by atoms with van der Waals surface area (Å²) in [5.74, 6) is 0. The van der Waals surface area contributed by atoms with E-state index in [9.17, 15) is 0 Å². The third-order valence-electron chi connectivity index (χ3n) is 11.7. The predicted molar refractivity (Wildman–Crippen MR) is 265 cm³/mol. The van der Waals surface area contributed by atoms with E-state index in [2.05, 4.69) is 30.3 Å². The van der Waals surface area contributed by atoms with E-state index in [0.717, 1.165) is 81.7 Å². The molecule has 11 aromatic carbocycles. The highest BCUT2D eigenvalue weighted by molar-refractivity contribution is 6.53. The average Bonchev–Trinajstić information content (AvgIpc) is 3.56. The van der Waals surface area contributed by atoms with Crippen LogP contribution in [0.15, 0.2) is 121 Å². The number of hydrogen-bond donors (Lipinski definition) is 0. The second-order valence-electron chi connectivity index (χ2n) is 14.7. The van der Waals surface area contributed by atoms with Crippen molar-refractivity contribution in [2.75, 3.05) is 0 Å². The van der Waals surface area contributed by atoms with Gasteiger partial charge >= 0.3 is 0 Å². The van der Waals surface area contributed by atoms with Gasteiger partial charge in [0.2, 0.25) is 0 Å². The fourth-order valence-electron chi connectivity index (χ4n) is 9.31. The van der Waals surface area contributed by atoms with Crippen LogP contribution in [-0.4, -0.2) is 0 Å². The first kappa shape index (κ1) is 39.3. The van der Waals surface area contributed by atoms with Crippen molar-refractivity contribution in [2.24, 2.45) is 0 Å². The number of benzene rings is 10. The molecule has 0 bridgehead atoms. The summed E-state index contributed by atoms with van der Waals surface area (Å²) in [6, 6.07) is 38.3. The van der Waals surface area contributed by atoms with E-state index in [4.69, 9.17) is 116 Å². The van der Waals surface area contributed by atoms with E-state index in [-0.39, 0.29) is 0 Å². The molecule has 11 aromatic rings. The lowest BCUT2D eigenvalue weighted by molar-refractivity contribution is 1.64. The molecule has 0 fully saturated rings. The molecule has 0 heterocycles. The number of rotatable bonds is 5. The molecule has 0 N–H and O–H groups in total.